The van der Waals surface area contributed by atoms with Crippen LogP contribution in [0.1, 0.15) is 18.4 Å². The van der Waals surface area contributed by atoms with E-state index in [1.807, 2.05) is 0 Å². The lowest BCUT2D eigenvalue weighted by molar-refractivity contribution is -0.120. The van der Waals surface area contributed by atoms with Gasteiger partial charge in [0.05, 0.1) is 5.69 Å². The number of hydrogen-bond donors (Lipinski definition) is 1. The van der Waals surface area contributed by atoms with Crippen molar-refractivity contribution in [1.29, 1.82) is 0 Å². The number of carbonyl (C=O) groups is 2. The standard InChI is InChI=1S/C15H17FN2O3/c1-9-6-11(16)8-12(7-9)18-14(19)13(17-15(18)20)10-2-4-21-5-3-10/h6-8,10,13H,2-5H2,1H3,(H,17,20). The summed E-state index contributed by atoms with van der Waals surface area (Å²) in [6, 6.07) is 3.17. The van der Waals surface area contributed by atoms with Crippen LogP contribution in [0.3, 0.4) is 0 Å². The van der Waals surface area contributed by atoms with Crippen molar-refractivity contribution in [2.45, 2.75) is 25.8 Å². The van der Waals surface area contributed by atoms with Crippen molar-refractivity contribution in [1.82, 2.24) is 5.32 Å². The first-order valence-corrected chi connectivity index (χ1v) is 7.05. The summed E-state index contributed by atoms with van der Waals surface area (Å²) in [6.07, 6.45) is 1.49. The van der Waals surface area contributed by atoms with Gasteiger partial charge < -0.3 is 10.1 Å². The molecule has 3 amide bonds. The largest absolute Gasteiger partial charge is 0.381 e. The Morgan fingerprint density at radius 3 is 2.62 bits per heavy atom. The fourth-order valence-electron chi connectivity index (χ4n) is 2.96. The van der Waals surface area contributed by atoms with Crippen LogP contribution < -0.4 is 10.2 Å². The molecule has 2 aliphatic rings. The minimum atomic E-state index is -0.537. The topological polar surface area (TPSA) is 58.6 Å². The number of halogens is 1. The number of amides is 3. The van der Waals surface area contributed by atoms with E-state index in [0.717, 1.165) is 17.7 Å². The number of benzene rings is 1. The predicted octanol–water partition coefficient (Wildman–Crippen LogP) is 1.99. The second-order valence-electron chi connectivity index (χ2n) is 5.54. The molecule has 2 fully saturated rings. The zero-order valence-electron chi connectivity index (χ0n) is 11.8. The van der Waals surface area contributed by atoms with Gasteiger partial charge in [0.1, 0.15) is 11.9 Å². The summed E-state index contributed by atoms with van der Waals surface area (Å²) in [4.78, 5) is 25.7. The number of carbonyl (C=O) groups excluding carboxylic acids is 2. The van der Waals surface area contributed by atoms with Crippen molar-refractivity contribution in [3.63, 3.8) is 0 Å². The van der Waals surface area contributed by atoms with Crippen molar-refractivity contribution < 1.29 is 18.7 Å². The van der Waals surface area contributed by atoms with Gasteiger partial charge in [0, 0.05) is 13.2 Å². The third kappa shape index (κ3) is 2.63. The average molecular weight is 292 g/mol. The fraction of sp³-hybridized carbons (Fsp3) is 0.467. The Hall–Kier alpha value is -1.95. The molecule has 112 valence electrons. The Kier molecular flexibility index (Phi) is 3.63. The molecule has 1 unspecified atom stereocenters. The molecule has 6 heteroatoms. The van der Waals surface area contributed by atoms with Gasteiger partial charge in [0.25, 0.3) is 5.91 Å². The van der Waals surface area contributed by atoms with Crippen molar-refractivity contribution in [2.75, 3.05) is 18.1 Å². The maximum Gasteiger partial charge on any atom is 0.329 e. The summed E-state index contributed by atoms with van der Waals surface area (Å²) in [7, 11) is 0. The van der Waals surface area contributed by atoms with E-state index in [1.165, 1.54) is 12.1 Å². The molecule has 0 spiro atoms. The molecule has 1 aromatic rings. The highest BCUT2D eigenvalue weighted by molar-refractivity contribution is 6.21. The van der Waals surface area contributed by atoms with Crippen LogP contribution in [-0.2, 0) is 9.53 Å². The number of rotatable bonds is 2. The summed E-state index contributed by atoms with van der Waals surface area (Å²) in [5, 5.41) is 2.72. The van der Waals surface area contributed by atoms with Gasteiger partial charge in [0.2, 0.25) is 0 Å². The Labute approximate surface area is 122 Å². The number of imide groups is 1. The van der Waals surface area contributed by atoms with Gasteiger partial charge >= 0.3 is 6.03 Å². The summed E-state index contributed by atoms with van der Waals surface area (Å²) in [5.74, 6) is -0.688. The number of ether oxygens (including phenoxy) is 1. The SMILES string of the molecule is Cc1cc(F)cc(N2C(=O)NC(C3CCOCC3)C2=O)c1. The first-order valence-electron chi connectivity index (χ1n) is 7.05. The minimum absolute atomic E-state index is 0.0786. The first-order chi connectivity index (χ1) is 10.1. The molecule has 1 aromatic carbocycles. The zero-order chi connectivity index (χ0) is 15.0. The van der Waals surface area contributed by atoms with Crippen molar-refractivity contribution in [3.8, 4) is 0 Å². The van der Waals surface area contributed by atoms with Crippen molar-refractivity contribution in [2.24, 2.45) is 5.92 Å². The van der Waals surface area contributed by atoms with E-state index in [1.54, 1.807) is 13.0 Å². The van der Waals surface area contributed by atoms with Crippen LogP contribution >= 0.6 is 0 Å². The minimum Gasteiger partial charge on any atom is -0.381 e. The third-order valence-electron chi connectivity index (χ3n) is 3.99. The maximum absolute atomic E-state index is 13.5. The fourth-order valence-corrected chi connectivity index (χ4v) is 2.96. The van der Waals surface area contributed by atoms with E-state index in [-0.39, 0.29) is 17.5 Å². The maximum atomic E-state index is 13.5. The van der Waals surface area contributed by atoms with Crippen LogP contribution in [0, 0.1) is 18.7 Å². The van der Waals surface area contributed by atoms with E-state index in [0.29, 0.717) is 18.8 Å². The van der Waals surface area contributed by atoms with Crippen LogP contribution in [0.15, 0.2) is 18.2 Å². The quantitative estimate of drug-likeness (QED) is 0.848. The lowest BCUT2D eigenvalue weighted by Crippen LogP contribution is -2.40. The second kappa shape index (κ2) is 5.44. The molecule has 0 aliphatic carbocycles. The Bertz CT molecular complexity index is 564. The molecule has 21 heavy (non-hydrogen) atoms. The van der Waals surface area contributed by atoms with Gasteiger partial charge in [-0.15, -0.1) is 0 Å². The Morgan fingerprint density at radius 1 is 1.24 bits per heavy atom. The van der Waals surface area contributed by atoms with Gasteiger partial charge in [-0.05, 0) is 49.4 Å². The van der Waals surface area contributed by atoms with Gasteiger partial charge in [-0.1, -0.05) is 0 Å². The lowest BCUT2D eigenvalue weighted by atomic mass is 9.92. The molecule has 2 saturated heterocycles. The zero-order valence-corrected chi connectivity index (χ0v) is 11.8. The number of anilines is 1. The molecular formula is C15H17FN2O3. The Balaban J connectivity index is 1.86. The summed E-state index contributed by atoms with van der Waals surface area (Å²) < 4.78 is 18.8. The molecule has 2 aliphatic heterocycles. The molecule has 5 nitrogen and oxygen atoms in total. The number of urea groups is 1. The molecule has 1 atom stereocenters. The molecule has 3 rings (SSSR count). The van der Waals surface area contributed by atoms with Crippen molar-refractivity contribution >= 4 is 17.6 Å². The predicted molar refractivity (Wildman–Crippen MR) is 74.5 cm³/mol. The van der Waals surface area contributed by atoms with Crippen molar-refractivity contribution in [3.05, 3.63) is 29.6 Å². The molecule has 1 N–H and O–H groups in total. The number of hydrogen-bond acceptors (Lipinski definition) is 3. The molecule has 0 bridgehead atoms. The van der Waals surface area contributed by atoms with Crippen LogP contribution in [0.5, 0.6) is 0 Å². The summed E-state index contributed by atoms with van der Waals surface area (Å²) in [5.41, 5.74) is 0.949. The molecular weight excluding hydrogens is 275 g/mol. The highest BCUT2D eigenvalue weighted by Crippen LogP contribution is 2.28. The van der Waals surface area contributed by atoms with E-state index >= 15 is 0 Å². The van der Waals surface area contributed by atoms with Gasteiger partial charge in [-0.2, -0.15) is 0 Å². The summed E-state index contributed by atoms with van der Waals surface area (Å²) >= 11 is 0. The Morgan fingerprint density at radius 2 is 1.95 bits per heavy atom. The monoisotopic (exact) mass is 292 g/mol. The smallest absolute Gasteiger partial charge is 0.329 e. The summed E-state index contributed by atoms with van der Waals surface area (Å²) in [6.45, 7) is 2.92. The highest BCUT2D eigenvalue weighted by atomic mass is 19.1. The van der Waals surface area contributed by atoms with Crippen LogP contribution in [0.4, 0.5) is 14.9 Å². The molecule has 0 saturated carbocycles. The van der Waals surface area contributed by atoms with E-state index in [4.69, 9.17) is 4.74 Å². The molecule has 0 aromatic heterocycles. The third-order valence-corrected chi connectivity index (χ3v) is 3.99. The van der Waals surface area contributed by atoms with E-state index < -0.39 is 17.9 Å². The lowest BCUT2D eigenvalue weighted by Gasteiger charge is -2.25. The normalized spacial score (nSPS) is 23.5. The van der Waals surface area contributed by atoms with E-state index in [9.17, 15) is 14.0 Å². The van der Waals surface area contributed by atoms with Gasteiger partial charge in [0.15, 0.2) is 0 Å². The number of nitrogens with zero attached hydrogens (tertiary/aromatic N) is 1. The van der Waals surface area contributed by atoms with Crippen LogP contribution in [0.2, 0.25) is 0 Å². The first kappa shape index (κ1) is 14.0. The van der Waals surface area contributed by atoms with E-state index in [2.05, 4.69) is 5.32 Å². The van der Waals surface area contributed by atoms with Gasteiger partial charge in [-0.3, -0.25) is 4.79 Å². The number of nitrogens with one attached hydrogen (secondary N) is 1. The van der Waals surface area contributed by atoms with Crippen LogP contribution in [-0.4, -0.2) is 31.2 Å². The average Bonchev–Trinajstić information content (AvgIpc) is 2.74. The molecule has 0 radical (unpaired) electrons. The number of aryl methyl sites for hydroxylation is 1. The highest BCUT2D eigenvalue weighted by Gasteiger charge is 2.43. The van der Waals surface area contributed by atoms with Gasteiger partial charge in [-0.25, -0.2) is 14.1 Å². The second-order valence-corrected chi connectivity index (χ2v) is 5.54. The van der Waals surface area contributed by atoms with Crippen LogP contribution in [0.25, 0.3) is 0 Å². The molecule has 2 heterocycles.